The number of carbonyl (C=O) groups excluding carboxylic acids is 4. The highest BCUT2D eigenvalue weighted by Gasteiger charge is 2.72. The fraction of sp³-hybridized carbons (Fsp3) is 0.742. The van der Waals surface area contributed by atoms with Gasteiger partial charge in [-0.2, -0.15) is 0 Å². The van der Waals surface area contributed by atoms with E-state index < -0.39 is 45.2 Å². The molecule has 12 rings (SSSR count). The van der Waals surface area contributed by atoms with Gasteiger partial charge in [-0.3, -0.25) is 0 Å². The monoisotopic (exact) mass is 1080 g/mol. The molecule has 2 amide bonds. The minimum atomic E-state index is -0.852. The van der Waals surface area contributed by atoms with Crippen molar-refractivity contribution < 1.29 is 47.0 Å². The second kappa shape index (κ2) is 20.5. The molecule has 0 unspecified atom stereocenters. The number of hydrogen-bond donors (Lipinski definition) is 2. The topological polar surface area (TPSA) is 196 Å². The van der Waals surface area contributed by atoms with Crippen molar-refractivity contribution in [1.29, 1.82) is 0 Å². The molecule has 2 aromatic heterocycles. The van der Waals surface area contributed by atoms with Crippen molar-refractivity contribution in [2.45, 2.75) is 179 Å². The lowest BCUT2D eigenvalue weighted by Crippen LogP contribution is -2.63. The van der Waals surface area contributed by atoms with E-state index in [1.165, 1.54) is 24.3 Å². The number of nitrogens with one attached hydrogen (secondary N) is 2. The van der Waals surface area contributed by atoms with E-state index in [9.17, 15) is 28.8 Å². The van der Waals surface area contributed by atoms with Gasteiger partial charge in [0.25, 0.3) is 0 Å². The molecule has 424 valence electrons. The molecule has 4 heterocycles. The summed E-state index contributed by atoms with van der Waals surface area (Å²) in [6.45, 7) is 15.1. The highest BCUT2D eigenvalue weighted by Crippen LogP contribution is 2.74. The third-order valence-corrected chi connectivity index (χ3v) is 24.0. The summed E-state index contributed by atoms with van der Waals surface area (Å²) >= 11 is 0. The van der Waals surface area contributed by atoms with Gasteiger partial charge in [0.2, 0.25) is 0 Å². The minimum Gasteiger partial charge on any atom is -0.455 e. The van der Waals surface area contributed by atoms with Crippen molar-refractivity contribution in [1.82, 2.24) is 20.4 Å². The normalized spacial score (nSPS) is 41.9. The maximum Gasteiger partial charge on any atom is 0.410 e. The number of carbonyl (C=O) groups is 4. The number of hydrogen-bond acceptors (Lipinski definition) is 14. The van der Waals surface area contributed by atoms with Crippen LogP contribution in [0.2, 0.25) is 0 Å². The Kier molecular flexibility index (Phi) is 14.1. The highest BCUT2D eigenvalue weighted by atomic mass is 16.6. The summed E-state index contributed by atoms with van der Waals surface area (Å²) in [6.07, 6.45) is 20.3. The summed E-state index contributed by atoms with van der Waals surface area (Å²) in [5, 5.41) is 6.63. The van der Waals surface area contributed by atoms with Crippen LogP contribution in [0.25, 0.3) is 0 Å². The van der Waals surface area contributed by atoms with Crippen molar-refractivity contribution in [2.75, 3.05) is 52.4 Å². The van der Waals surface area contributed by atoms with Crippen LogP contribution in [0.4, 0.5) is 9.59 Å². The fourth-order valence-electron chi connectivity index (χ4n) is 19.9. The van der Waals surface area contributed by atoms with E-state index in [0.717, 1.165) is 140 Å². The average Bonchev–Trinajstić information content (AvgIpc) is 3.92. The molecule has 16 atom stereocenters. The largest absolute Gasteiger partial charge is 0.455 e. The maximum atomic E-state index is 14.8. The molecular weight excluding hydrogens is 993 g/mol. The van der Waals surface area contributed by atoms with Gasteiger partial charge in [0.05, 0.1) is 12.5 Å². The molecule has 10 aliphatic rings. The predicted molar refractivity (Wildman–Crippen MR) is 288 cm³/mol. The van der Waals surface area contributed by atoms with E-state index in [4.69, 9.17) is 27.8 Å². The second-order valence-electron chi connectivity index (χ2n) is 26.8. The summed E-state index contributed by atoms with van der Waals surface area (Å²) in [4.78, 5) is 84.3. The molecule has 2 aliphatic heterocycles. The number of amides is 2. The van der Waals surface area contributed by atoms with Gasteiger partial charge in [-0.1, -0.05) is 27.7 Å². The van der Waals surface area contributed by atoms with Gasteiger partial charge in [-0.15, -0.1) is 0 Å². The summed E-state index contributed by atoms with van der Waals surface area (Å²) in [6, 6.07) is 6.71. The van der Waals surface area contributed by atoms with E-state index >= 15 is 0 Å². The molecule has 0 spiro atoms. The number of ether oxygens (including phenoxy) is 4. The van der Waals surface area contributed by atoms with Crippen LogP contribution in [0, 0.1) is 57.2 Å². The van der Waals surface area contributed by atoms with Crippen LogP contribution in [0.3, 0.4) is 0 Å². The lowest BCUT2D eigenvalue weighted by Gasteiger charge is -2.64. The molecule has 2 saturated heterocycles. The first kappa shape index (κ1) is 53.7. The first-order chi connectivity index (χ1) is 37.5. The molecular formula is C62H84N4O12. The van der Waals surface area contributed by atoms with E-state index in [1.807, 2.05) is 21.9 Å². The predicted octanol–water partition coefficient (Wildman–Crippen LogP) is 9.25. The Morgan fingerprint density at radius 2 is 0.923 bits per heavy atom. The average molecular weight is 1080 g/mol. The van der Waals surface area contributed by atoms with Crippen molar-refractivity contribution in [2.24, 2.45) is 57.2 Å². The Hall–Kier alpha value is -4.96. The zero-order valence-corrected chi connectivity index (χ0v) is 46.6. The minimum absolute atomic E-state index is 0.0152. The number of rotatable bonds is 8. The third-order valence-electron chi connectivity index (χ3n) is 24.0. The molecule has 10 fully saturated rings. The molecule has 8 saturated carbocycles. The van der Waals surface area contributed by atoms with E-state index in [0.29, 0.717) is 50.9 Å². The molecule has 0 radical (unpaired) electrons. The van der Waals surface area contributed by atoms with Crippen LogP contribution in [0.5, 0.6) is 0 Å². The third kappa shape index (κ3) is 8.89. The maximum absolute atomic E-state index is 14.8. The van der Waals surface area contributed by atoms with Gasteiger partial charge in [-0.25, -0.2) is 28.8 Å². The lowest BCUT2D eigenvalue weighted by atomic mass is 9.43. The van der Waals surface area contributed by atoms with Gasteiger partial charge in [-0.05, 0) is 185 Å². The number of piperazine rings is 2. The van der Waals surface area contributed by atoms with E-state index in [1.54, 1.807) is 12.5 Å². The Morgan fingerprint density at radius 3 is 1.31 bits per heavy atom. The van der Waals surface area contributed by atoms with Gasteiger partial charge >= 0.3 is 35.4 Å². The van der Waals surface area contributed by atoms with Crippen molar-refractivity contribution in [3.8, 4) is 0 Å². The second-order valence-corrected chi connectivity index (χ2v) is 26.8. The van der Waals surface area contributed by atoms with Crippen LogP contribution in [-0.2, 0) is 28.5 Å². The smallest absolute Gasteiger partial charge is 0.410 e. The Balaban J connectivity index is 0.794. The van der Waals surface area contributed by atoms with Crippen molar-refractivity contribution in [3.63, 3.8) is 0 Å². The quantitative estimate of drug-likeness (QED) is 0.144. The molecule has 0 bridgehead atoms. The van der Waals surface area contributed by atoms with Crippen LogP contribution in [0.15, 0.2) is 67.4 Å². The standard InChI is InChI=1S/C62H84N4O12/c1-57-21-15-43(75-55(71)65-31-27-63-28-32-65)35-41(57)7-9-49-47(57)17-23-59(3)45(39-5-11-51(67)73-37-39)19-25-61(49,59)77-53(69)13-14-54(70)78-62-26-20-46(40-6-12-52(68)74-38-40)60(62,4)24-18-48-50(62)10-8-42-36-44(16-22-58(42,48)2)76-56(72)66-33-29-64-30-34-66/h5-6,11-14,37-38,41-50,63-64H,7-10,15-36H2,1-4H3/b14-13-/t41-,42-,43+,44+,45-,46-,47+,48+,49-,50-,57+,58+,59-,60-,61+,62+/m1/s1. The summed E-state index contributed by atoms with van der Waals surface area (Å²) < 4.78 is 37.5. The van der Waals surface area contributed by atoms with E-state index in [-0.39, 0.29) is 70.7 Å². The van der Waals surface area contributed by atoms with Crippen molar-refractivity contribution in [3.05, 3.63) is 80.9 Å². The van der Waals surface area contributed by atoms with Crippen LogP contribution >= 0.6 is 0 Å². The van der Waals surface area contributed by atoms with E-state index in [2.05, 4.69) is 38.3 Å². The molecule has 16 nitrogen and oxygen atoms in total. The molecule has 16 heteroatoms. The van der Waals surface area contributed by atoms with Crippen LogP contribution < -0.4 is 21.9 Å². The summed E-state index contributed by atoms with van der Waals surface area (Å²) in [7, 11) is 0. The number of nitrogens with zero attached hydrogens (tertiary/aromatic N) is 2. The Morgan fingerprint density at radius 1 is 0.513 bits per heavy atom. The van der Waals surface area contributed by atoms with Crippen LogP contribution in [-0.4, -0.2) is 110 Å². The van der Waals surface area contributed by atoms with Gasteiger partial charge in [0.1, 0.15) is 23.4 Å². The lowest BCUT2D eigenvalue weighted by molar-refractivity contribution is -0.226. The first-order valence-corrected chi connectivity index (χ1v) is 30.1. The fourth-order valence-corrected chi connectivity index (χ4v) is 19.9. The van der Waals surface area contributed by atoms with Gasteiger partial charge < -0.3 is 48.2 Å². The molecule has 8 aliphatic carbocycles. The van der Waals surface area contributed by atoms with Crippen LogP contribution in [0.1, 0.15) is 166 Å². The zero-order valence-electron chi connectivity index (χ0n) is 46.6. The Labute approximate surface area is 458 Å². The van der Waals surface area contributed by atoms with Gasteiger partial charge in [0, 0.05) is 99.3 Å². The number of esters is 2. The highest BCUT2D eigenvalue weighted by molar-refractivity contribution is 5.92. The molecule has 0 aromatic carbocycles. The molecule has 2 N–H and O–H groups in total. The first-order valence-electron chi connectivity index (χ1n) is 30.1. The SMILES string of the molecule is C[C@]12CC[C@H](OC(=O)N3CCNCC3)C[C@H]1CC[C@@H]1[C@@H]2CC[C@]2(C)[C@@H](c3ccc(=O)oc3)CC[C@]12OC(=O)/C=C\C(=O)O[C@]12CC[C@H](c3ccc(=O)oc3)[C@@]1(C)CC[C@H]1[C@H]2CC[C@@H]2C[C@@H](OC(=O)N3CCNCC3)CC[C@@]21C. The molecule has 78 heavy (non-hydrogen) atoms. The summed E-state index contributed by atoms with van der Waals surface area (Å²) in [5.41, 5.74) is -1.68. The van der Waals surface area contributed by atoms with Crippen molar-refractivity contribution >= 4 is 24.1 Å². The summed E-state index contributed by atoms with van der Waals surface area (Å²) in [5.74, 6) is 0.247. The Bertz CT molecular complexity index is 2540. The number of fused-ring (bicyclic) bond motifs is 10. The molecule has 2 aromatic rings. The van der Waals surface area contributed by atoms with Gasteiger partial charge in [0.15, 0.2) is 0 Å². The zero-order chi connectivity index (χ0) is 54.2.